The minimum absolute atomic E-state index is 0.0229. The molecule has 2 atom stereocenters. The van der Waals surface area contributed by atoms with Crippen molar-refractivity contribution >= 4 is 11.9 Å². The first kappa shape index (κ1) is 17.0. The lowest BCUT2D eigenvalue weighted by Gasteiger charge is -2.40. The highest BCUT2D eigenvalue weighted by molar-refractivity contribution is 5.79. The van der Waals surface area contributed by atoms with Gasteiger partial charge in [-0.15, -0.1) is 0 Å². The summed E-state index contributed by atoms with van der Waals surface area (Å²) in [7, 11) is 0. The Morgan fingerprint density at radius 3 is 2.65 bits per heavy atom. The molecule has 1 aliphatic heterocycles. The van der Waals surface area contributed by atoms with E-state index in [-0.39, 0.29) is 17.7 Å². The lowest BCUT2D eigenvalue weighted by molar-refractivity contribution is -0.153. The predicted octanol–water partition coefficient (Wildman–Crippen LogP) is 1.71. The van der Waals surface area contributed by atoms with Crippen LogP contribution in [-0.4, -0.2) is 41.5 Å². The number of amides is 1. The van der Waals surface area contributed by atoms with Gasteiger partial charge in [-0.05, 0) is 52.0 Å². The van der Waals surface area contributed by atoms with Crippen LogP contribution in [0.2, 0.25) is 0 Å². The molecule has 0 aliphatic carbocycles. The zero-order chi connectivity index (χ0) is 15.3. The number of carboxylic acids is 1. The first-order valence-corrected chi connectivity index (χ1v) is 7.53. The Balaban J connectivity index is 2.65. The van der Waals surface area contributed by atoms with Crippen LogP contribution in [0.15, 0.2) is 0 Å². The maximum Gasteiger partial charge on any atom is 0.309 e. The number of hydrogen-bond donors (Lipinski definition) is 2. The highest BCUT2D eigenvalue weighted by Crippen LogP contribution is 2.34. The molecule has 0 aromatic heterocycles. The molecular weight excluding hydrogens is 256 g/mol. The summed E-state index contributed by atoms with van der Waals surface area (Å²) in [5.41, 5.74) is 4.70. The van der Waals surface area contributed by atoms with Crippen molar-refractivity contribution in [2.75, 3.05) is 19.6 Å². The van der Waals surface area contributed by atoms with E-state index in [0.29, 0.717) is 13.1 Å². The maximum absolute atomic E-state index is 12.4. The van der Waals surface area contributed by atoms with E-state index in [2.05, 4.69) is 0 Å². The average Bonchev–Trinajstić information content (AvgIpc) is 2.43. The second-order valence-corrected chi connectivity index (χ2v) is 6.48. The molecule has 0 aromatic rings. The van der Waals surface area contributed by atoms with Gasteiger partial charge in [0.05, 0.1) is 5.41 Å². The Hall–Kier alpha value is -1.10. The largest absolute Gasteiger partial charge is 0.481 e. The van der Waals surface area contributed by atoms with Gasteiger partial charge in [0.1, 0.15) is 0 Å². The lowest BCUT2D eigenvalue weighted by atomic mass is 9.74. The van der Waals surface area contributed by atoms with E-state index in [1.807, 2.05) is 11.8 Å². The van der Waals surface area contributed by atoms with E-state index in [1.165, 1.54) is 0 Å². The van der Waals surface area contributed by atoms with Crippen molar-refractivity contribution in [2.45, 2.75) is 46.5 Å². The van der Waals surface area contributed by atoms with Gasteiger partial charge >= 0.3 is 5.97 Å². The van der Waals surface area contributed by atoms with Gasteiger partial charge < -0.3 is 15.7 Å². The van der Waals surface area contributed by atoms with Crippen molar-refractivity contribution in [3.63, 3.8) is 0 Å². The van der Waals surface area contributed by atoms with Gasteiger partial charge in [0, 0.05) is 19.0 Å². The molecule has 0 aromatic carbocycles. The molecule has 0 spiro atoms. The molecule has 116 valence electrons. The number of nitrogens with two attached hydrogens (primary N) is 1. The molecule has 1 aliphatic rings. The zero-order valence-electron chi connectivity index (χ0n) is 12.9. The van der Waals surface area contributed by atoms with Gasteiger partial charge in [0.2, 0.25) is 5.91 Å². The standard InChI is InChI=1S/C15H28N2O3/c1-11(6-4-8-16)13(18)17-9-5-7-12(10-17)15(2,3)14(19)20/h11-12H,4-10,16H2,1-3H3,(H,19,20). The summed E-state index contributed by atoms with van der Waals surface area (Å²) in [6.07, 6.45) is 3.42. The van der Waals surface area contributed by atoms with Crippen LogP contribution in [0.3, 0.4) is 0 Å². The highest BCUT2D eigenvalue weighted by atomic mass is 16.4. The predicted molar refractivity (Wildman–Crippen MR) is 78.2 cm³/mol. The van der Waals surface area contributed by atoms with Crippen LogP contribution in [0.5, 0.6) is 0 Å². The minimum Gasteiger partial charge on any atom is -0.481 e. The molecular formula is C15H28N2O3. The summed E-state index contributed by atoms with van der Waals surface area (Å²) in [5.74, 6) is -0.637. The lowest BCUT2D eigenvalue weighted by Crippen LogP contribution is -2.48. The Morgan fingerprint density at radius 1 is 1.45 bits per heavy atom. The van der Waals surface area contributed by atoms with E-state index in [1.54, 1.807) is 13.8 Å². The van der Waals surface area contributed by atoms with Gasteiger partial charge in [0.25, 0.3) is 0 Å². The first-order chi connectivity index (χ1) is 9.30. The Labute approximate surface area is 121 Å². The topological polar surface area (TPSA) is 83.6 Å². The SMILES string of the molecule is CC(CCCN)C(=O)N1CCCC(C(C)(C)C(=O)O)C1. The zero-order valence-corrected chi connectivity index (χ0v) is 12.9. The van der Waals surface area contributed by atoms with Crippen molar-refractivity contribution in [3.8, 4) is 0 Å². The number of rotatable bonds is 6. The number of likely N-dealkylation sites (tertiary alicyclic amines) is 1. The van der Waals surface area contributed by atoms with Crippen LogP contribution in [0, 0.1) is 17.3 Å². The van der Waals surface area contributed by atoms with Crippen LogP contribution < -0.4 is 5.73 Å². The molecule has 1 fully saturated rings. The summed E-state index contributed by atoms with van der Waals surface area (Å²) in [5, 5.41) is 9.33. The van der Waals surface area contributed by atoms with E-state index < -0.39 is 11.4 Å². The summed E-state index contributed by atoms with van der Waals surface area (Å²) in [6.45, 7) is 7.36. The van der Waals surface area contributed by atoms with Crippen molar-refractivity contribution in [3.05, 3.63) is 0 Å². The molecule has 1 saturated heterocycles. The average molecular weight is 284 g/mol. The van der Waals surface area contributed by atoms with Gasteiger partial charge in [-0.2, -0.15) is 0 Å². The molecule has 3 N–H and O–H groups in total. The second-order valence-electron chi connectivity index (χ2n) is 6.48. The van der Waals surface area contributed by atoms with E-state index in [0.717, 1.165) is 32.2 Å². The molecule has 20 heavy (non-hydrogen) atoms. The molecule has 0 saturated carbocycles. The van der Waals surface area contributed by atoms with Gasteiger partial charge in [-0.1, -0.05) is 6.92 Å². The number of hydrogen-bond acceptors (Lipinski definition) is 3. The van der Waals surface area contributed by atoms with E-state index in [9.17, 15) is 14.7 Å². The monoisotopic (exact) mass is 284 g/mol. The molecule has 0 bridgehead atoms. The van der Waals surface area contributed by atoms with Crippen LogP contribution in [0.25, 0.3) is 0 Å². The third-order valence-corrected chi connectivity index (χ3v) is 4.57. The Bertz CT molecular complexity index is 355. The summed E-state index contributed by atoms with van der Waals surface area (Å²) in [6, 6.07) is 0. The second kappa shape index (κ2) is 7.07. The molecule has 2 unspecified atom stereocenters. The third-order valence-electron chi connectivity index (χ3n) is 4.57. The number of nitrogens with zero attached hydrogens (tertiary/aromatic N) is 1. The van der Waals surface area contributed by atoms with Crippen LogP contribution in [0.4, 0.5) is 0 Å². The van der Waals surface area contributed by atoms with Crippen molar-refractivity contribution < 1.29 is 14.7 Å². The van der Waals surface area contributed by atoms with E-state index in [4.69, 9.17) is 5.73 Å². The molecule has 5 heteroatoms. The van der Waals surface area contributed by atoms with Crippen molar-refractivity contribution in [2.24, 2.45) is 23.0 Å². The molecule has 1 rings (SSSR count). The fraction of sp³-hybridized carbons (Fsp3) is 0.867. The van der Waals surface area contributed by atoms with Crippen molar-refractivity contribution in [1.29, 1.82) is 0 Å². The third kappa shape index (κ3) is 3.95. The Morgan fingerprint density at radius 2 is 2.10 bits per heavy atom. The number of aliphatic carboxylic acids is 1. The summed E-state index contributed by atoms with van der Waals surface area (Å²) >= 11 is 0. The molecule has 5 nitrogen and oxygen atoms in total. The van der Waals surface area contributed by atoms with Gasteiger partial charge in [-0.25, -0.2) is 0 Å². The molecule has 1 heterocycles. The number of carbonyl (C=O) groups is 2. The van der Waals surface area contributed by atoms with Crippen molar-refractivity contribution in [1.82, 2.24) is 4.90 Å². The highest BCUT2D eigenvalue weighted by Gasteiger charge is 2.40. The normalized spacial score (nSPS) is 21.6. The summed E-state index contributed by atoms with van der Waals surface area (Å²) < 4.78 is 0. The van der Waals surface area contributed by atoms with Gasteiger partial charge in [-0.3, -0.25) is 9.59 Å². The summed E-state index contributed by atoms with van der Waals surface area (Å²) in [4.78, 5) is 25.6. The van der Waals surface area contributed by atoms with Gasteiger partial charge in [0.15, 0.2) is 0 Å². The minimum atomic E-state index is -0.784. The number of carbonyl (C=O) groups excluding carboxylic acids is 1. The van der Waals surface area contributed by atoms with Crippen LogP contribution >= 0.6 is 0 Å². The first-order valence-electron chi connectivity index (χ1n) is 7.53. The number of piperidine rings is 1. The fourth-order valence-corrected chi connectivity index (χ4v) is 2.80. The Kier molecular flexibility index (Phi) is 5.99. The van der Waals surface area contributed by atoms with Crippen LogP contribution in [0.1, 0.15) is 46.5 Å². The van der Waals surface area contributed by atoms with Crippen LogP contribution in [-0.2, 0) is 9.59 Å². The maximum atomic E-state index is 12.4. The quantitative estimate of drug-likeness (QED) is 0.777. The fourth-order valence-electron chi connectivity index (χ4n) is 2.80. The number of carboxylic acid groups (broad SMARTS) is 1. The molecule has 1 amide bonds. The smallest absolute Gasteiger partial charge is 0.309 e. The molecule has 0 radical (unpaired) electrons. The van der Waals surface area contributed by atoms with E-state index >= 15 is 0 Å².